The molecule has 0 aliphatic carbocycles. The maximum absolute atomic E-state index is 12.4. The third-order valence-electron chi connectivity index (χ3n) is 3.76. The Kier molecular flexibility index (Phi) is 5.68. The van der Waals surface area contributed by atoms with Gasteiger partial charge in [-0.3, -0.25) is 4.79 Å². The van der Waals surface area contributed by atoms with Gasteiger partial charge in [-0.2, -0.15) is 8.78 Å². The summed E-state index contributed by atoms with van der Waals surface area (Å²) >= 11 is 0. The van der Waals surface area contributed by atoms with E-state index < -0.39 is 6.61 Å². The number of hydrogen-bond donors (Lipinski definition) is 0. The number of carbonyl (C=O) groups excluding carboxylic acids is 1. The molecule has 1 atom stereocenters. The molecule has 0 saturated carbocycles. The van der Waals surface area contributed by atoms with E-state index in [1.807, 2.05) is 37.3 Å². The first-order chi connectivity index (χ1) is 11.0. The zero-order chi connectivity index (χ0) is 16.8. The van der Waals surface area contributed by atoms with Crippen LogP contribution in [0.5, 0.6) is 5.75 Å². The molecule has 0 fully saturated rings. The predicted octanol–water partition coefficient (Wildman–Crippen LogP) is 4.05. The van der Waals surface area contributed by atoms with E-state index in [2.05, 4.69) is 4.74 Å². The molecule has 0 aromatic heterocycles. The third kappa shape index (κ3) is 4.77. The molecule has 0 aliphatic heterocycles. The van der Waals surface area contributed by atoms with Gasteiger partial charge in [-0.15, -0.1) is 0 Å². The number of rotatable bonds is 6. The van der Waals surface area contributed by atoms with Gasteiger partial charge in [-0.05, 0) is 30.2 Å². The van der Waals surface area contributed by atoms with Gasteiger partial charge in [0.1, 0.15) is 5.75 Å². The molecule has 122 valence electrons. The van der Waals surface area contributed by atoms with Crippen LogP contribution in [0.25, 0.3) is 0 Å². The van der Waals surface area contributed by atoms with Crippen LogP contribution in [0.2, 0.25) is 0 Å². The summed E-state index contributed by atoms with van der Waals surface area (Å²) in [5, 5.41) is 0. The lowest BCUT2D eigenvalue weighted by molar-refractivity contribution is -0.131. The number of likely N-dealkylation sites (N-methyl/N-ethyl adjacent to an activating group) is 1. The average molecular weight is 319 g/mol. The van der Waals surface area contributed by atoms with E-state index in [1.165, 1.54) is 12.1 Å². The Hall–Kier alpha value is -2.43. The lowest BCUT2D eigenvalue weighted by atomic mass is 10.1. The van der Waals surface area contributed by atoms with Crippen molar-refractivity contribution in [2.45, 2.75) is 26.0 Å². The van der Waals surface area contributed by atoms with Gasteiger partial charge in [0.25, 0.3) is 0 Å². The van der Waals surface area contributed by atoms with Crippen molar-refractivity contribution in [3.05, 3.63) is 65.7 Å². The van der Waals surface area contributed by atoms with Crippen LogP contribution in [0.1, 0.15) is 24.1 Å². The summed E-state index contributed by atoms with van der Waals surface area (Å²) in [7, 11) is 1.76. The van der Waals surface area contributed by atoms with Crippen molar-refractivity contribution in [2.24, 2.45) is 0 Å². The van der Waals surface area contributed by atoms with E-state index in [4.69, 9.17) is 0 Å². The van der Waals surface area contributed by atoms with Gasteiger partial charge >= 0.3 is 6.61 Å². The summed E-state index contributed by atoms with van der Waals surface area (Å²) in [6.07, 6.45) is 0.211. The largest absolute Gasteiger partial charge is 0.435 e. The van der Waals surface area contributed by atoms with Gasteiger partial charge in [0.15, 0.2) is 0 Å². The molecule has 0 N–H and O–H groups in total. The maximum Gasteiger partial charge on any atom is 0.387 e. The Bertz CT molecular complexity index is 629. The molecule has 2 aromatic carbocycles. The molecule has 0 heterocycles. The lowest BCUT2D eigenvalue weighted by Gasteiger charge is -2.25. The van der Waals surface area contributed by atoms with Crippen molar-refractivity contribution in [3.63, 3.8) is 0 Å². The SMILES string of the molecule is CC(c1ccccc1)N(C)C(=O)Cc1ccc(OC(F)F)cc1. The van der Waals surface area contributed by atoms with Crippen LogP contribution in [0, 0.1) is 0 Å². The molecule has 1 unspecified atom stereocenters. The van der Waals surface area contributed by atoms with Gasteiger partial charge in [0.2, 0.25) is 5.91 Å². The molecule has 1 amide bonds. The quantitative estimate of drug-likeness (QED) is 0.804. The zero-order valence-electron chi connectivity index (χ0n) is 13.1. The normalized spacial score (nSPS) is 12.0. The Morgan fingerprint density at radius 1 is 1.09 bits per heavy atom. The summed E-state index contributed by atoms with van der Waals surface area (Å²) in [6.45, 7) is -0.882. The standard InChI is InChI=1S/C18H19F2NO2/c1-13(15-6-4-3-5-7-15)21(2)17(22)12-14-8-10-16(11-9-14)23-18(19)20/h3-11,13,18H,12H2,1-2H3. The first-order valence-electron chi connectivity index (χ1n) is 7.31. The monoisotopic (exact) mass is 319 g/mol. The number of carbonyl (C=O) groups is 1. The molecule has 0 saturated heterocycles. The van der Waals surface area contributed by atoms with E-state index in [1.54, 1.807) is 24.1 Å². The minimum Gasteiger partial charge on any atom is -0.435 e. The molecule has 0 aliphatic rings. The number of hydrogen-bond acceptors (Lipinski definition) is 2. The molecular formula is C18H19F2NO2. The maximum atomic E-state index is 12.4. The van der Waals surface area contributed by atoms with Crippen LogP contribution in [-0.4, -0.2) is 24.5 Å². The van der Waals surface area contributed by atoms with Gasteiger partial charge in [-0.1, -0.05) is 42.5 Å². The van der Waals surface area contributed by atoms with E-state index in [9.17, 15) is 13.6 Å². The second-order valence-corrected chi connectivity index (χ2v) is 5.29. The summed E-state index contributed by atoms with van der Waals surface area (Å²) in [4.78, 5) is 14.0. The smallest absolute Gasteiger partial charge is 0.387 e. The second kappa shape index (κ2) is 7.72. The molecule has 0 bridgehead atoms. The Morgan fingerprint density at radius 2 is 1.70 bits per heavy atom. The molecule has 2 rings (SSSR count). The van der Waals surface area contributed by atoms with Crippen molar-refractivity contribution in [1.82, 2.24) is 4.90 Å². The first-order valence-corrected chi connectivity index (χ1v) is 7.31. The lowest BCUT2D eigenvalue weighted by Crippen LogP contribution is -2.30. The number of benzene rings is 2. The van der Waals surface area contributed by atoms with Gasteiger partial charge in [0, 0.05) is 7.05 Å². The zero-order valence-corrected chi connectivity index (χ0v) is 13.1. The van der Waals surface area contributed by atoms with Crippen LogP contribution < -0.4 is 4.74 Å². The third-order valence-corrected chi connectivity index (χ3v) is 3.76. The van der Waals surface area contributed by atoms with Crippen LogP contribution in [-0.2, 0) is 11.2 Å². The number of nitrogens with zero attached hydrogens (tertiary/aromatic N) is 1. The van der Waals surface area contributed by atoms with Crippen LogP contribution in [0.4, 0.5) is 8.78 Å². The second-order valence-electron chi connectivity index (χ2n) is 5.29. The Morgan fingerprint density at radius 3 is 2.26 bits per heavy atom. The number of halogens is 2. The summed E-state index contributed by atoms with van der Waals surface area (Å²) < 4.78 is 28.5. The van der Waals surface area contributed by atoms with E-state index in [0.29, 0.717) is 0 Å². The van der Waals surface area contributed by atoms with Crippen LogP contribution in [0.3, 0.4) is 0 Å². The highest BCUT2D eigenvalue weighted by Gasteiger charge is 2.17. The van der Waals surface area contributed by atoms with E-state index in [0.717, 1.165) is 11.1 Å². The highest BCUT2D eigenvalue weighted by atomic mass is 19.3. The van der Waals surface area contributed by atoms with Gasteiger partial charge < -0.3 is 9.64 Å². The molecular weight excluding hydrogens is 300 g/mol. The van der Waals surface area contributed by atoms with Crippen molar-refractivity contribution < 1.29 is 18.3 Å². The fraction of sp³-hybridized carbons (Fsp3) is 0.278. The molecule has 0 spiro atoms. The average Bonchev–Trinajstić information content (AvgIpc) is 2.55. The molecule has 5 heteroatoms. The highest BCUT2D eigenvalue weighted by Crippen LogP contribution is 2.20. The summed E-state index contributed by atoms with van der Waals surface area (Å²) in [6, 6.07) is 15.8. The summed E-state index contributed by atoms with van der Waals surface area (Å²) in [5.41, 5.74) is 1.81. The van der Waals surface area contributed by atoms with Gasteiger partial charge in [-0.25, -0.2) is 0 Å². The Labute approximate surface area is 134 Å². The first kappa shape index (κ1) is 16.9. The number of ether oxygens (including phenoxy) is 1. The fourth-order valence-corrected chi connectivity index (χ4v) is 2.26. The number of alkyl halides is 2. The van der Waals surface area contributed by atoms with E-state index >= 15 is 0 Å². The topological polar surface area (TPSA) is 29.5 Å². The minimum atomic E-state index is -2.85. The Balaban J connectivity index is 1.98. The van der Waals surface area contributed by atoms with Crippen molar-refractivity contribution in [3.8, 4) is 5.75 Å². The summed E-state index contributed by atoms with van der Waals surface area (Å²) in [5.74, 6) is 0.0473. The fourth-order valence-electron chi connectivity index (χ4n) is 2.26. The predicted molar refractivity (Wildman–Crippen MR) is 84.4 cm³/mol. The van der Waals surface area contributed by atoms with Crippen molar-refractivity contribution in [2.75, 3.05) is 7.05 Å². The highest BCUT2D eigenvalue weighted by molar-refractivity contribution is 5.79. The molecule has 3 nitrogen and oxygen atoms in total. The van der Waals surface area contributed by atoms with Crippen LogP contribution in [0.15, 0.2) is 54.6 Å². The minimum absolute atomic E-state index is 0.0369. The van der Waals surface area contributed by atoms with Crippen molar-refractivity contribution >= 4 is 5.91 Å². The molecule has 23 heavy (non-hydrogen) atoms. The van der Waals surface area contributed by atoms with E-state index in [-0.39, 0.29) is 24.1 Å². The molecule has 2 aromatic rings. The molecule has 0 radical (unpaired) electrons. The van der Waals surface area contributed by atoms with Gasteiger partial charge in [0.05, 0.1) is 12.5 Å². The number of amides is 1. The van der Waals surface area contributed by atoms with Crippen LogP contribution >= 0.6 is 0 Å². The van der Waals surface area contributed by atoms with Crippen molar-refractivity contribution in [1.29, 1.82) is 0 Å².